The summed E-state index contributed by atoms with van der Waals surface area (Å²) < 4.78 is 5.79. The number of carbonyl (C=O) groups is 1. The molecule has 0 radical (unpaired) electrons. The molecule has 0 aromatic heterocycles. The van der Waals surface area contributed by atoms with Crippen molar-refractivity contribution >= 4 is 28.9 Å². The van der Waals surface area contributed by atoms with E-state index in [-0.39, 0.29) is 17.4 Å². The molecule has 0 bridgehead atoms. The van der Waals surface area contributed by atoms with Crippen molar-refractivity contribution in [2.45, 2.75) is 6.10 Å². The Morgan fingerprint density at radius 3 is 2.64 bits per heavy atom. The first kappa shape index (κ1) is 17.2. The average molecular weight is 362 g/mol. The van der Waals surface area contributed by atoms with Crippen LogP contribution in [0, 0.1) is 10.1 Å². The Hall–Kier alpha value is -2.64. The monoisotopic (exact) mass is 361 g/mol. The van der Waals surface area contributed by atoms with Crippen molar-refractivity contribution in [1.82, 2.24) is 0 Å². The maximum Gasteiger partial charge on any atom is 0.293 e. The number of nitrogens with zero attached hydrogens (tertiary/aromatic N) is 2. The molecule has 25 heavy (non-hydrogen) atoms. The van der Waals surface area contributed by atoms with Gasteiger partial charge in [0.1, 0.15) is 11.8 Å². The molecule has 7 nitrogen and oxygen atoms in total. The number of benzene rings is 2. The van der Waals surface area contributed by atoms with Crippen molar-refractivity contribution in [1.29, 1.82) is 0 Å². The molecule has 1 aliphatic rings. The second kappa shape index (κ2) is 7.08. The van der Waals surface area contributed by atoms with E-state index in [1.165, 1.54) is 12.1 Å². The minimum atomic E-state index is -0.698. The molecule has 1 saturated heterocycles. The number of hydrogen-bond acceptors (Lipinski definition) is 5. The van der Waals surface area contributed by atoms with Crippen molar-refractivity contribution in [3.05, 3.63) is 68.7 Å². The Labute approximate surface area is 149 Å². The lowest BCUT2D eigenvalue weighted by Crippen LogP contribution is -2.38. The Bertz CT molecular complexity index is 810. The van der Waals surface area contributed by atoms with Gasteiger partial charge in [0.05, 0.1) is 11.5 Å². The van der Waals surface area contributed by atoms with Gasteiger partial charge < -0.3 is 15.4 Å². The number of amides is 1. The number of primary amides is 1. The highest BCUT2D eigenvalue weighted by Crippen LogP contribution is 2.33. The third-order valence-corrected chi connectivity index (χ3v) is 4.36. The summed E-state index contributed by atoms with van der Waals surface area (Å²) in [6, 6.07) is 11.6. The molecule has 8 heteroatoms. The van der Waals surface area contributed by atoms with Gasteiger partial charge in [-0.3, -0.25) is 14.9 Å². The molecule has 1 unspecified atom stereocenters. The molecule has 0 aliphatic carbocycles. The molecule has 0 spiro atoms. The van der Waals surface area contributed by atoms with Crippen molar-refractivity contribution in [3.63, 3.8) is 0 Å². The van der Waals surface area contributed by atoms with Gasteiger partial charge in [0, 0.05) is 29.7 Å². The summed E-state index contributed by atoms with van der Waals surface area (Å²) >= 11 is 5.91. The highest BCUT2D eigenvalue weighted by molar-refractivity contribution is 6.30. The lowest BCUT2D eigenvalue weighted by atomic mass is 10.1. The SMILES string of the molecule is NC(=O)c1ccc(N2CCOC(c3ccc(Cl)cc3)C2)c([N+](=O)[O-])c1. The summed E-state index contributed by atoms with van der Waals surface area (Å²) in [6.45, 7) is 1.40. The fourth-order valence-electron chi connectivity index (χ4n) is 2.84. The zero-order valence-corrected chi connectivity index (χ0v) is 14.0. The van der Waals surface area contributed by atoms with Crippen molar-refractivity contribution < 1.29 is 14.5 Å². The first-order valence-electron chi connectivity index (χ1n) is 7.66. The highest BCUT2D eigenvalue weighted by atomic mass is 35.5. The molecule has 1 fully saturated rings. The summed E-state index contributed by atoms with van der Waals surface area (Å²) in [5.74, 6) is -0.698. The number of nitrogens with two attached hydrogens (primary N) is 1. The molecule has 130 valence electrons. The van der Waals surface area contributed by atoms with Crippen molar-refractivity contribution in [2.75, 3.05) is 24.6 Å². The number of nitro groups is 1. The lowest BCUT2D eigenvalue weighted by molar-refractivity contribution is -0.384. The Kier molecular flexibility index (Phi) is 4.87. The van der Waals surface area contributed by atoms with Crippen LogP contribution in [0.4, 0.5) is 11.4 Å². The van der Waals surface area contributed by atoms with Gasteiger partial charge in [0.25, 0.3) is 5.69 Å². The summed E-state index contributed by atoms with van der Waals surface area (Å²) in [5.41, 5.74) is 6.57. The van der Waals surface area contributed by atoms with E-state index in [2.05, 4.69) is 0 Å². The number of anilines is 1. The number of rotatable bonds is 4. The van der Waals surface area contributed by atoms with Gasteiger partial charge in [-0.1, -0.05) is 23.7 Å². The van der Waals surface area contributed by atoms with Crippen LogP contribution in [0.25, 0.3) is 0 Å². The third kappa shape index (κ3) is 3.72. The zero-order valence-electron chi connectivity index (χ0n) is 13.2. The fourth-order valence-corrected chi connectivity index (χ4v) is 2.96. The maximum atomic E-state index is 11.4. The zero-order chi connectivity index (χ0) is 18.0. The van der Waals surface area contributed by atoms with E-state index in [0.717, 1.165) is 5.56 Å². The number of ether oxygens (including phenoxy) is 1. The van der Waals surface area contributed by atoms with E-state index >= 15 is 0 Å². The molecule has 1 heterocycles. The minimum absolute atomic E-state index is 0.109. The normalized spacial score (nSPS) is 17.3. The highest BCUT2D eigenvalue weighted by Gasteiger charge is 2.27. The van der Waals surface area contributed by atoms with Gasteiger partial charge in [-0.25, -0.2) is 0 Å². The molecule has 0 saturated carbocycles. The maximum absolute atomic E-state index is 11.4. The fraction of sp³-hybridized carbons (Fsp3) is 0.235. The van der Waals surface area contributed by atoms with Crippen molar-refractivity contribution in [3.8, 4) is 0 Å². The number of morpholine rings is 1. The van der Waals surface area contributed by atoms with Crippen LogP contribution < -0.4 is 10.6 Å². The van der Waals surface area contributed by atoms with E-state index in [1.54, 1.807) is 18.2 Å². The van der Waals surface area contributed by atoms with Gasteiger partial charge in [-0.15, -0.1) is 0 Å². The largest absolute Gasteiger partial charge is 0.370 e. The number of nitro benzene ring substituents is 1. The van der Waals surface area contributed by atoms with Crippen LogP contribution >= 0.6 is 11.6 Å². The molecule has 3 rings (SSSR count). The van der Waals surface area contributed by atoms with Crippen LogP contribution in [0.5, 0.6) is 0 Å². The van der Waals surface area contributed by atoms with Gasteiger partial charge in [-0.05, 0) is 29.8 Å². The molecule has 1 atom stereocenters. The Morgan fingerprint density at radius 1 is 1.28 bits per heavy atom. The quantitative estimate of drug-likeness (QED) is 0.666. The molecule has 2 aromatic rings. The molecular weight excluding hydrogens is 346 g/mol. The predicted molar refractivity (Wildman–Crippen MR) is 94.0 cm³/mol. The third-order valence-electron chi connectivity index (χ3n) is 4.11. The second-order valence-electron chi connectivity index (χ2n) is 5.68. The Balaban J connectivity index is 1.89. The van der Waals surface area contributed by atoms with Crippen LogP contribution in [-0.2, 0) is 4.74 Å². The van der Waals surface area contributed by atoms with Crippen LogP contribution in [0.1, 0.15) is 22.0 Å². The van der Waals surface area contributed by atoms with Gasteiger partial charge >= 0.3 is 0 Å². The summed E-state index contributed by atoms with van der Waals surface area (Å²) in [4.78, 5) is 24.1. The van der Waals surface area contributed by atoms with Crippen LogP contribution in [0.2, 0.25) is 5.02 Å². The van der Waals surface area contributed by atoms with E-state index < -0.39 is 10.8 Å². The van der Waals surface area contributed by atoms with Crippen molar-refractivity contribution in [2.24, 2.45) is 5.73 Å². The van der Waals surface area contributed by atoms with Crippen LogP contribution in [-0.4, -0.2) is 30.5 Å². The average Bonchev–Trinajstić information content (AvgIpc) is 2.62. The number of hydrogen-bond donors (Lipinski definition) is 1. The summed E-state index contributed by atoms with van der Waals surface area (Å²) in [5, 5.41) is 12.0. The smallest absolute Gasteiger partial charge is 0.293 e. The minimum Gasteiger partial charge on any atom is -0.370 e. The number of halogens is 1. The van der Waals surface area contributed by atoms with Crippen LogP contribution in [0.3, 0.4) is 0 Å². The molecule has 2 N–H and O–H groups in total. The van der Waals surface area contributed by atoms with E-state index in [1.807, 2.05) is 17.0 Å². The Morgan fingerprint density at radius 2 is 2.00 bits per heavy atom. The molecule has 2 aromatic carbocycles. The standard InChI is InChI=1S/C17H16ClN3O4/c18-13-4-1-11(2-5-13)16-10-20(7-8-25-16)14-6-3-12(17(19)22)9-15(14)21(23)24/h1-6,9,16H,7-8,10H2,(H2,19,22). The summed E-state index contributed by atoms with van der Waals surface area (Å²) in [6.07, 6.45) is -0.221. The molecular formula is C17H16ClN3O4. The predicted octanol–water partition coefficient (Wildman–Crippen LogP) is 2.93. The first-order valence-corrected chi connectivity index (χ1v) is 8.04. The topological polar surface area (TPSA) is 98.7 Å². The van der Waals surface area contributed by atoms with Crippen LogP contribution in [0.15, 0.2) is 42.5 Å². The molecule has 1 aliphatic heterocycles. The lowest BCUT2D eigenvalue weighted by Gasteiger charge is -2.34. The first-order chi connectivity index (χ1) is 12.0. The number of carbonyl (C=O) groups excluding carboxylic acids is 1. The summed E-state index contributed by atoms with van der Waals surface area (Å²) in [7, 11) is 0. The van der Waals surface area contributed by atoms with E-state index in [9.17, 15) is 14.9 Å². The molecule has 1 amide bonds. The van der Waals surface area contributed by atoms with E-state index in [0.29, 0.717) is 30.4 Å². The second-order valence-corrected chi connectivity index (χ2v) is 6.12. The van der Waals surface area contributed by atoms with Gasteiger partial charge in [0.2, 0.25) is 5.91 Å². The van der Waals surface area contributed by atoms with Gasteiger partial charge in [-0.2, -0.15) is 0 Å². The van der Waals surface area contributed by atoms with E-state index in [4.69, 9.17) is 22.1 Å². The van der Waals surface area contributed by atoms with Gasteiger partial charge in [0.15, 0.2) is 0 Å².